The van der Waals surface area contributed by atoms with Crippen molar-refractivity contribution in [1.29, 1.82) is 0 Å². The van der Waals surface area contributed by atoms with Gasteiger partial charge in [-0.15, -0.1) is 0 Å². The monoisotopic (exact) mass is 513 g/mol. The lowest BCUT2D eigenvalue weighted by Crippen LogP contribution is -2.47. The number of benzene rings is 2. The largest absolute Gasteiger partial charge is 0.352 e. The Labute approximate surface area is 191 Å². The number of hydrogen-bond acceptors (Lipinski definition) is 4. The van der Waals surface area contributed by atoms with Crippen molar-refractivity contribution in [1.82, 2.24) is 14.5 Å². The fraction of sp³-hybridized carbons (Fsp3) is 0.381. The van der Waals surface area contributed by atoms with Crippen LogP contribution in [0.3, 0.4) is 0 Å². The number of amides is 1. The van der Waals surface area contributed by atoms with Crippen molar-refractivity contribution in [3.05, 3.63) is 63.6 Å². The summed E-state index contributed by atoms with van der Waals surface area (Å²) in [5.74, 6) is -0.292. The number of carbonyl (C=O) groups excluding carboxylic acids is 1. The number of rotatable bonds is 7. The van der Waals surface area contributed by atoms with E-state index in [9.17, 15) is 13.2 Å². The molecule has 0 unspecified atom stereocenters. The van der Waals surface area contributed by atoms with E-state index in [1.165, 1.54) is 28.6 Å². The number of carbonyl (C=O) groups is 1. The molecule has 0 bridgehead atoms. The van der Waals surface area contributed by atoms with Crippen molar-refractivity contribution in [3.8, 4) is 0 Å². The summed E-state index contributed by atoms with van der Waals surface area (Å²) in [5.41, 5.74) is 0.794. The van der Waals surface area contributed by atoms with Gasteiger partial charge in [0.1, 0.15) is 0 Å². The van der Waals surface area contributed by atoms with Gasteiger partial charge < -0.3 is 10.2 Å². The average Bonchev–Trinajstić information content (AvgIpc) is 2.71. The molecule has 0 aromatic heterocycles. The number of sulfonamides is 1. The summed E-state index contributed by atoms with van der Waals surface area (Å²) in [7, 11) is -1.82. The third-order valence-corrected chi connectivity index (χ3v) is 7.71. The lowest BCUT2D eigenvalue weighted by atomic mass is 10.1. The van der Waals surface area contributed by atoms with Crippen LogP contribution in [0, 0.1) is 0 Å². The zero-order valence-corrected chi connectivity index (χ0v) is 19.9. The van der Waals surface area contributed by atoms with E-state index in [0.717, 1.165) is 36.0 Å². The third kappa shape index (κ3) is 6.28. The molecule has 1 amide bonds. The van der Waals surface area contributed by atoms with Gasteiger partial charge in [0.2, 0.25) is 15.9 Å². The fourth-order valence-corrected chi connectivity index (χ4v) is 5.14. The Morgan fingerprint density at radius 2 is 1.73 bits per heavy atom. The maximum Gasteiger partial charge on any atom is 0.243 e. The molecule has 1 N–H and O–H groups in total. The molecule has 2 aromatic rings. The van der Waals surface area contributed by atoms with Gasteiger partial charge in [-0.1, -0.05) is 39.7 Å². The van der Waals surface area contributed by atoms with E-state index in [4.69, 9.17) is 11.6 Å². The van der Waals surface area contributed by atoms with Crippen molar-refractivity contribution < 1.29 is 13.2 Å². The summed E-state index contributed by atoms with van der Waals surface area (Å²) in [6.45, 7) is 1.68. The van der Waals surface area contributed by atoms with Crippen LogP contribution in [-0.2, 0) is 21.4 Å². The summed E-state index contributed by atoms with van der Waals surface area (Å²) in [4.78, 5) is 15.0. The van der Waals surface area contributed by atoms with E-state index >= 15 is 0 Å². The van der Waals surface area contributed by atoms with Gasteiger partial charge in [0, 0.05) is 22.1 Å². The highest BCUT2D eigenvalue weighted by atomic mass is 79.9. The Kier molecular flexibility index (Phi) is 7.92. The van der Waals surface area contributed by atoms with E-state index < -0.39 is 10.0 Å². The maximum absolute atomic E-state index is 13.3. The van der Waals surface area contributed by atoms with Crippen LogP contribution < -0.4 is 5.32 Å². The zero-order valence-electron chi connectivity index (χ0n) is 16.7. The van der Waals surface area contributed by atoms with Crippen LogP contribution in [-0.4, -0.2) is 56.3 Å². The van der Waals surface area contributed by atoms with E-state index in [1.807, 2.05) is 24.3 Å². The van der Waals surface area contributed by atoms with Gasteiger partial charge in [-0.25, -0.2) is 8.42 Å². The first-order chi connectivity index (χ1) is 14.2. The molecule has 0 saturated carbocycles. The quantitative estimate of drug-likeness (QED) is 0.614. The Morgan fingerprint density at radius 1 is 1.13 bits per heavy atom. The van der Waals surface area contributed by atoms with Crippen LogP contribution in [0.5, 0.6) is 0 Å². The minimum absolute atomic E-state index is 0.0708. The first kappa shape index (κ1) is 23.2. The number of nitrogens with one attached hydrogen (secondary N) is 1. The van der Waals surface area contributed by atoms with E-state index in [0.29, 0.717) is 5.02 Å². The van der Waals surface area contributed by atoms with Gasteiger partial charge in [0.25, 0.3) is 0 Å². The number of halogens is 2. The minimum atomic E-state index is -3.88. The second-order valence-corrected chi connectivity index (χ2v) is 10.8. The molecule has 0 radical (unpaired) electrons. The molecular weight excluding hydrogens is 490 g/mol. The standard InChI is InChI=1S/C21H25BrClN3O3S/c1-25-12-10-19(11-13-25)24-21(27)15-26(14-16-2-4-17(22)5-3-16)30(28,29)20-8-6-18(23)7-9-20/h2-9,19H,10-15H2,1H3,(H,24,27). The van der Waals surface area contributed by atoms with Crippen molar-refractivity contribution in [2.45, 2.75) is 30.3 Å². The Balaban J connectivity index is 1.78. The van der Waals surface area contributed by atoms with Gasteiger partial charge in [-0.05, 0) is 74.9 Å². The summed E-state index contributed by atoms with van der Waals surface area (Å²) in [6.07, 6.45) is 1.72. The fourth-order valence-electron chi connectivity index (χ4n) is 3.36. The molecule has 3 rings (SSSR count). The van der Waals surface area contributed by atoms with Gasteiger partial charge in [0.05, 0.1) is 11.4 Å². The minimum Gasteiger partial charge on any atom is -0.352 e. The molecule has 0 atom stereocenters. The van der Waals surface area contributed by atoms with Crippen LogP contribution in [0.1, 0.15) is 18.4 Å². The molecule has 1 fully saturated rings. The first-order valence-electron chi connectivity index (χ1n) is 9.72. The molecule has 1 aliphatic heterocycles. The molecular formula is C21H25BrClN3O3S. The Morgan fingerprint density at radius 3 is 2.33 bits per heavy atom. The summed E-state index contributed by atoms with van der Waals surface area (Å²) < 4.78 is 28.7. The molecule has 6 nitrogen and oxygen atoms in total. The van der Waals surface area contributed by atoms with Crippen LogP contribution in [0.4, 0.5) is 0 Å². The predicted molar refractivity (Wildman–Crippen MR) is 122 cm³/mol. The lowest BCUT2D eigenvalue weighted by Gasteiger charge is -2.30. The molecule has 0 spiro atoms. The van der Waals surface area contributed by atoms with Crippen molar-refractivity contribution in [2.24, 2.45) is 0 Å². The van der Waals surface area contributed by atoms with Crippen molar-refractivity contribution >= 4 is 43.5 Å². The summed E-state index contributed by atoms with van der Waals surface area (Å²) >= 11 is 9.29. The number of hydrogen-bond donors (Lipinski definition) is 1. The summed E-state index contributed by atoms with van der Waals surface area (Å²) in [5, 5.41) is 3.45. The van der Waals surface area contributed by atoms with Gasteiger partial charge in [-0.2, -0.15) is 4.31 Å². The Bertz CT molecular complexity index is 960. The lowest BCUT2D eigenvalue weighted by molar-refractivity contribution is -0.122. The van der Waals surface area contributed by atoms with Crippen molar-refractivity contribution in [3.63, 3.8) is 0 Å². The normalized spacial score (nSPS) is 16.0. The molecule has 1 saturated heterocycles. The molecule has 162 valence electrons. The van der Waals surface area contributed by atoms with Crippen molar-refractivity contribution in [2.75, 3.05) is 26.7 Å². The highest BCUT2D eigenvalue weighted by Gasteiger charge is 2.28. The molecule has 1 heterocycles. The van der Waals surface area contributed by atoms with Gasteiger partial charge in [-0.3, -0.25) is 4.79 Å². The highest BCUT2D eigenvalue weighted by molar-refractivity contribution is 9.10. The van der Waals surface area contributed by atoms with Crippen LogP contribution in [0.25, 0.3) is 0 Å². The zero-order chi connectivity index (χ0) is 21.7. The maximum atomic E-state index is 13.3. The van der Waals surface area contributed by atoms with E-state index in [-0.39, 0.29) is 29.9 Å². The number of piperidine rings is 1. The van der Waals surface area contributed by atoms with Gasteiger partial charge >= 0.3 is 0 Å². The highest BCUT2D eigenvalue weighted by Crippen LogP contribution is 2.21. The molecule has 2 aromatic carbocycles. The number of likely N-dealkylation sites (tertiary alicyclic amines) is 1. The average molecular weight is 515 g/mol. The first-order valence-corrected chi connectivity index (χ1v) is 12.3. The molecule has 9 heteroatoms. The predicted octanol–water partition coefficient (Wildman–Crippen LogP) is 3.50. The molecule has 0 aliphatic carbocycles. The second kappa shape index (κ2) is 10.2. The summed E-state index contributed by atoms with van der Waals surface area (Å²) in [6, 6.07) is 13.4. The Hall–Kier alpha value is -1.45. The molecule has 1 aliphatic rings. The second-order valence-electron chi connectivity index (χ2n) is 7.50. The SMILES string of the molecule is CN1CCC(NC(=O)CN(Cc2ccc(Br)cc2)S(=O)(=O)c2ccc(Cl)cc2)CC1. The van der Waals surface area contributed by atoms with E-state index in [1.54, 1.807) is 0 Å². The number of nitrogens with zero attached hydrogens (tertiary/aromatic N) is 2. The third-order valence-electron chi connectivity index (χ3n) is 5.13. The smallest absolute Gasteiger partial charge is 0.243 e. The van der Waals surface area contributed by atoms with Crippen LogP contribution in [0.15, 0.2) is 57.9 Å². The topological polar surface area (TPSA) is 69.7 Å². The van der Waals surface area contributed by atoms with Crippen LogP contribution in [0.2, 0.25) is 5.02 Å². The van der Waals surface area contributed by atoms with E-state index in [2.05, 4.69) is 33.2 Å². The molecule has 30 heavy (non-hydrogen) atoms. The van der Waals surface area contributed by atoms with Gasteiger partial charge in [0.15, 0.2) is 0 Å². The van der Waals surface area contributed by atoms with Crippen LogP contribution >= 0.6 is 27.5 Å².